The van der Waals surface area contributed by atoms with E-state index in [9.17, 15) is 9.59 Å². The largest absolute Gasteiger partial charge is 0.426 e. The minimum absolute atomic E-state index is 0.0396. The average Bonchev–Trinajstić information content (AvgIpc) is 2.85. The molecule has 2 atom stereocenters. The van der Waals surface area contributed by atoms with Crippen molar-refractivity contribution in [1.29, 1.82) is 0 Å². The SMILES string of the molecule is CCc1ccc(/C=C2/SC3C=CC=CC3=[N+](CC(=O)NCCCN3CCCC(C)C3)C2=O)cc1. The highest BCUT2D eigenvalue weighted by Crippen LogP contribution is 2.32. The van der Waals surface area contributed by atoms with Gasteiger partial charge in [0, 0.05) is 19.2 Å². The van der Waals surface area contributed by atoms with Crippen molar-refractivity contribution in [3.05, 3.63) is 64.6 Å². The summed E-state index contributed by atoms with van der Waals surface area (Å²) in [5, 5.41) is 3.07. The van der Waals surface area contributed by atoms with E-state index in [2.05, 4.69) is 54.4 Å². The van der Waals surface area contributed by atoms with Gasteiger partial charge in [0.1, 0.15) is 10.2 Å². The van der Waals surface area contributed by atoms with E-state index in [-0.39, 0.29) is 23.6 Å². The van der Waals surface area contributed by atoms with Crippen LogP contribution in [0.1, 0.15) is 44.2 Å². The normalized spacial score (nSPS) is 23.9. The smallest absolute Gasteiger partial charge is 0.351 e. The maximum Gasteiger partial charge on any atom is 0.426 e. The first-order chi connectivity index (χ1) is 16.5. The summed E-state index contributed by atoms with van der Waals surface area (Å²) in [6.45, 7) is 8.46. The molecule has 0 bridgehead atoms. The molecule has 0 radical (unpaired) electrons. The molecule has 1 saturated heterocycles. The van der Waals surface area contributed by atoms with Gasteiger partial charge in [0.05, 0.1) is 0 Å². The highest BCUT2D eigenvalue weighted by atomic mass is 32.2. The molecule has 1 aliphatic carbocycles. The zero-order valence-electron chi connectivity index (χ0n) is 20.3. The Kier molecular flexibility index (Phi) is 8.57. The van der Waals surface area contributed by atoms with E-state index in [1.165, 1.54) is 18.4 Å². The maximum absolute atomic E-state index is 13.4. The Labute approximate surface area is 207 Å². The molecule has 1 aromatic rings. The van der Waals surface area contributed by atoms with Crippen molar-refractivity contribution >= 4 is 35.4 Å². The van der Waals surface area contributed by atoms with E-state index in [0.717, 1.165) is 49.7 Å². The van der Waals surface area contributed by atoms with Gasteiger partial charge in [-0.15, -0.1) is 4.58 Å². The molecular formula is C28H36N3O2S+. The number of rotatable bonds is 8. The number of carbonyl (C=O) groups excluding carboxylic acids is 2. The first-order valence-corrected chi connectivity index (χ1v) is 13.4. The van der Waals surface area contributed by atoms with Gasteiger partial charge < -0.3 is 10.2 Å². The summed E-state index contributed by atoms with van der Waals surface area (Å²) in [5.41, 5.74) is 3.16. The van der Waals surface area contributed by atoms with Crippen molar-refractivity contribution in [2.45, 2.75) is 44.8 Å². The molecule has 2 heterocycles. The number of likely N-dealkylation sites (tertiary alicyclic amines) is 1. The quantitative estimate of drug-likeness (QED) is 0.348. The number of hydrogen-bond acceptors (Lipinski definition) is 4. The van der Waals surface area contributed by atoms with Crippen LogP contribution in [0.25, 0.3) is 6.08 Å². The highest BCUT2D eigenvalue weighted by molar-refractivity contribution is 8.05. The van der Waals surface area contributed by atoms with Crippen LogP contribution in [0, 0.1) is 5.92 Å². The van der Waals surface area contributed by atoms with Gasteiger partial charge in [0.15, 0.2) is 0 Å². The average molecular weight is 479 g/mol. The number of nitrogens with zero attached hydrogens (tertiary/aromatic N) is 2. The van der Waals surface area contributed by atoms with E-state index in [1.54, 1.807) is 16.3 Å². The first kappa shape index (κ1) is 24.7. The van der Waals surface area contributed by atoms with E-state index in [1.807, 2.05) is 24.3 Å². The van der Waals surface area contributed by atoms with Crippen LogP contribution in [0.15, 0.2) is 53.5 Å². The number of allylic oxidation sites excluding steroid dienone is 3. The molecule has 180 valence electrons. The van der Waals surface area contributed by atoms with Crippen LogP contribution in [0.2, 0.25) is 0 Å². The maximum atomic E-state index is 13.4. The summed E-state index contributed by atoms with van der Waals surface area (Å²) in [6, 6.07) is 8.30. The Morgan fingerprint density at radius 3 is 2.85 bits per heavy atom. The predicted octanol–water partition coefficient (Wildman–Crippen LogP) is 4.05. The number of piperidine rings is 1. The van der Waals surface area contributed by atoms with Crippen LogP contribution >= 0.6 is 11.8 Å². The van der Waals surface area contributed by atoms with E-state index < -0.39 is 0 Å². The fourth-order valence-electron chi connectivity index (χ4n) is 4.77. The number of hydrogen-bond donors (Lipinski definition) is 1. The van der Waals surface area contributed by atoms with Crippen LogP contribution < -0.4 is 5.32 Å². The lowest BCUT2D eigenvalue weighted by Gasteiger charge is -2.30. The summed E-state index contributed by atoms with van der Waals surface area (Å²) >= 11 is 1.55. The molecule has 2 amide bonds. The molecule has 4 rings (SSSR count). The molecule has 0 aromatic heterocycles. The van der Waals surface area contributed by atoms with E-state index in [4.69, 9.17) is 0 Å². The first-order valence-electron chi connectivity index (χ1n) is 12.5. The molecule has 1 fully saturated rings. The minimum Gasteiger partial charge on any atom is -0.351 e. The highest BCUT2D eigenvalue weighted by Gasteiger charge is 2.39. The van der Waals surface area contributed by atoms with Crippen molar-refractivity contribution in [1.82, 2.24) is 10.2 Å². The third-order valence-corrected chi connectivity index (χ3v) is 7.88. The molecule has 0 saturated carbocycles. The third kappa shape index (κ3) is 6.36. The number of amides is 2. The molecule has 1 aromatic carbocycles. The lowest BCUT2D eigenvalue weighted by molar-refractivity contribution is -0.434. The van der Waals surface area contributed by atoms with Crippen LogP contribution in [0.5, 0.6) is 0 Å². The van der Waals surface area contributed by atoms with Crippen LogP contribution in [0.3, 0.4) is 0 Å². The molecule has 34 heavy (non-hydrogen) atoms. The molecule has 5 nitrogen and oxygen atoms in total. The second-order valence-corrected chi connectivity index (χ2v) is 10.6. The molecule has 1 N–H and O–H groups in total. The van der Waals surface area contributed by atoms with Crippen molar-refractivity contribution < 1.29 is 14.2 Å². The van der Waals surface area contributed by atoms with Crippen LogP contribution in [0.4, 0.5) is 0 Å². The summed E-state index contributed by atoms with van der Waals surface area (Å²) in [6.07, 6.45) is 14.4. The Morgan fingerprint density at radius 2 is 2.09 bits per heavy atom. The van der Waals surface area contributed by atoms with Crippen LogP contribution in [-0.4, -0.2) is 65.0 Å². The number of benzene rings is 1. The zero-order chi connectivity index (χ0) is 23.9. The van der Waals surface area contributed by atoms with Gasteiger partial charge in [0.2, 0.25) is 12.3 Å². The number of carbonyl (C=O) groups is 2. The Bertz CT molecular complexity index is 1020. The lowest BCUT2D eigenvalue weighted by Crippen LogP contribution is -2.44. The van der Waals surface area contributed by atoms with E-state index in [0.29, 0.717) is 11.4 Å². The number of thioether (sulfide) groups is 1. The summed E-state index contributed by atoms with van der Waals surface area (Å²) < 4.78 is 1.65. The topological polar surface area (TPSA) is 52.4 Å². The molecule has 6 heteroatoms. The predicted molar refractivity (Wildman–Crippen MR) is 141 cm³/mol. The fourth-order valence-corrected chi connectivity index (χ4v) is 5.96. The number of aryl methyl sites for hydroxylation is 1. The second kappa shape index (κ2) is 11.8. The summed E-state index contributed by atoms with van der Waals surface area (Å²) in [7, 11) is 0. The molecule has 2 unspecified atom stereocenters. The Morgan fingerprint density at radius 1 is 1.26 bits per heavy atom. The van der Waals surface area contributed by atoms with Crippen molar-refractivity contribution in [3.8, 4) is 0 Å². The van der Waals surface area contributed by atoms with Gasteiger partial charge >= 0.3 is 5.91 Å². The Balaban J connectivity index is 1.39. The van der Waals surface area contributed by atoms with Crippen molar-refractivity contribution in [2.75, 3.05) is 32.7 Å². The fraction of sp³-hybridized carbons (Fsp3) is 0.464. The van der Waals surface area contributed by atoms with E-state index >= 15 is 0 Å². The van der Waals surface area contributed by atoms with Crippen molar-refractivity contribution in [3.63, 3.8) is 0 Å². The van der Waals surface area contributed by atoms with Gasteiger partial charge in [-0.05, 0) is 61.9 Å². The molecule has 2 aliphatic heterocycles. The summed E-state index contributed by atoms with van der Waals surface area (Å²) in [5.74, 6) is 0.557. The molecular weight excluding hydrogens is 442 g/mol. The lowest BCUT2D eigenvalue weighted by atomic mass is 10.0. The van der Waals surface area contributed by atoms with Gasteiger partial charge in [-0.1, -0.05) is 68.1 Å². The van der Waals surface area contributed by atoms with Gasteiger partial charge in [-0.2, -0.15) is 0 Å². The molecule has 0 spiro atoms. The van der Waals surface area contributed by atoms with Gasteiger partial charge in [-0.25, -0.2) is 4.79 Å². The number of nitrogens with one attached hydrogen (secondary N) is 1. The Hall–Kier alpha value is -2.44. The zero-order valence-corrected chi connectivity index (χ0v) is 21.2. The summed E-state index contributed by atoms with van der Waals surface area (Å²) in [4.78, 5) is 29.3. The number of fused-ring (bicyclic) bond motifs is 1. The second-order valence-electron chi connectivity index (χ2n) is 9.45. The van der Waals surface area contributed by atoms with Crippen LogP contribution in [-0.2, 0) is 16.0 Å². The monoisotopic (exact) mass is 478 g/mol. The minimum atomic E-state index is -0.104. The molecule has 3 aliphatic rings. The third-order valence-electron chi connectivity index (χ3n) is 6.68. The van der Waals surface area contributed by atoms with Gasteiger partial charge in [-0.3, -0.25) is 4.79 Å². The standard InChI is InChI=1S/C28H35N3O2S/c1-3-22-11-13-23(14-12-22)18-26-28(33)31(24-9-4-5-10-25(24)34-26)20-27(32)29-15-7-17-30-16-6-8-21(2)19-30/h4-5,9-14,18,21,25H,3,6-8,15-17,19-20H2,1-2H3/p+1/b26-18+. The van der Waals surface area contributed by atoms with Crippen molar-refractivity contribution in [2.24, 2.45) is 5.92 Å². The van der Waals surface area contributed by atoms with Gasteiger partial charge in [0.25, 0.3) is 5.91 Å².